The largest absolute Gasteiger partial charge is 0.478 e. The molecule has 0 fully saturated rings. The topological polar surface area (TPSA) is 92.4 Å². The summed E-state index contributed by atoms with van der Waals surface area (Å²) in [6.07, 6.45) is 0.747. The monoisotopic (exact) mass is 288 g/mol. The molecule has 1 aromatic carbocycles. The quantitative estimate of drug-likeness (QED) is 0.842. The minimum absolute atomic E-state index is 0.141. The SMILES string of the molecule is Cc1cc(CC(=O)NCCc2cccc(C(=O)O)c2)no1. The third-order valence-corrected chi connectivity index (χ3v) is 2.93. The lowest BCUT2D eigenvalue weighted by molar-refractivity contribution is -0.120. The van der Waals surface area contributed by atoms with Gasteiger partial charge < -0.3 is 14.9 Å². The van der Waals surface area contributed by atoms with Gasteiger partial charge >= 0.3 is 5.97 Å². The number of hydrogen-bond donors (Lipinski definition) is 2. The smallest absolute Gasteiger partial charge is 0.335 e. The molecule has 0 aliphatic carbocycles. The molecule has 2 rings (SSSR count). The lowest BCUT2D eigenvalue weighted by Gasteiger charge is -2.05. The number of aromatic nitrogens is 1. The lowest BCUT2D eigenvalue weighted by atomic mass is 10.1. The van der Waals surface area contributed by atoms with Gasteiger partial charge in [-0.25, -0.2) is 4.79 Å². The van der Waals surface area contributed by atoms with Crippen LogP contribution in [0.3, 0.4) is 0 Å². The Morgan fingerprint density at radius 2 is 2.14 bits per heavy atom. The van der Waals surface area contributed by atoms with Crippen LogP contribution in [0.25, 0.3) is 0 Å². The van der Waals surface area contributed by atoms with Crippen molar-refractivity contribution in [2.24, 2.45) is 0 Å². The van der Waals surface area contributed by atoms with E-state index in [-0.39, 0.29) is 17.9 Å². The second-order valence-corrected chi connectivity index (χ2v) is 4.71. The molecule has 6 heteroatoms. The average molecular weight is 288 g/mol. The highest BCUT2D eigenvalue weighted by molar-refractivity contribution is 5.87. The third kappa shape index (κ3) is 4.45. The number of carbonyl (C=O) groups is 2. The van der Waals surface area contributed by atoms with Gasteiger partial charge in [0.25, 0.3) is 0 Å². The van der Waals surface area contributed by atoms with Gasteiger partial charge in [0.2, 0.25) is 5.91 Å². The highest BCUT2D eigenvalue weighted by atomic mass is 16.5. The molecule has 0 spiro atoms. The summed E-state index contributed by atoms with van der Waals surface area (Å²) in [7, 11) is 0. The number of carboxylic acid groups (broad SMARTS) is 1. The second-order valence-electron chi connectivity index (χ2n) is 4.71. The van der Waals surface area contributed by atoms with Crippen molar-refractivity contribution in [3.05, 3.63) is 52.9 Å². The van der Waals surface area contributed by atoms with E-state index in [1.807, 2.05) is 6.07 Å². The first-order chi connectivity index (χ1) is 10.0. The van der Waals surface area contributed by atoms with Gasteiger partial charge in [-0.15, -0.1) is 0 Å². The van der Waals surface area contributed by atoms with Crippen molar-refractivity contribution in [3.8, 4) is 0 Å². The van der Waals surface area contributed by atoms with Crippen LogP contribution in [0.4, 0.5) is 0 Å². The van der Waals surface area contributed by atoms with Crippen molar-refractivity contribution in [1.82, 2.24) is 10.5 Å². The summed E-state index contributed by atoms with van der Waals surface area (Å²) in [5.74, 6) is -0.428. The van der Waals surface area contributed by atoms with E-state index in [4.69, 9.17) is 9.63 Å². The van der Waals surface area contributed by atoms with Crippen LogP contribution in [-0.2, 0) is 17.6 Å². The molecule has 1 heterocycles. The van der Waals surface area contributed by atoms with E-state index >= 15 is 0 Å². The molecule has 0 aliphatic heterocycles. The van der Waals surface area contributed by atoms with Crippen LogP contribution in [0.2, 0.25) is 0 Å². The van der Waals surface area contributed by atoms with Gasteiger partial charge in [0, 0.05) is 12.6 Å². The number of aromatic carboxylic acids is 1. The standard InChI is InChI=1S/C15H16N2O4/c1-10-7-13(17-21-10)9-14(18)16-6-5-11-3-2-4-12(8-11)15(19)20/h2-4,7-8H,5-6,9H2,1H3,(H,16,18)(H,19,20). The van der Waals surface area contributed by atoms with Gasteiger partial charge in [0.15, 0.2) is 0 Å². The Hall–Kier alpha value is -2.63. The van der Waals surface area contributed by atoms with Crippen molar-refractivity contribution in [1.29, 1.82) is 0 Å². The molecular formula is C15H16N2O4. The minimum Gasteiger partial charge on any atom is -0.478 e. The summed E-state index contributed by atoms with van der Waals surface area (Å²) in [5.41, 5.74) is 1.71. The van der Waals surface area contributed by atoms with Crippen LogP contribution in [0.15, 0.2) is 34.9 Å². The fourth-order valence-electron chi connectivity index (χ4n) is 1.93. The van der Waals surface area contributed by atoms with Gasteiger partial charge in [0.05, 0.1) is 17.7 Å². The van der Waals surface area contributed by atoms with Crippen LogP contribution >= 0.6 is 0 Å². The van der Waals surface area contributed by atoms with Crippen LogP contribution in [-0.4, -0.2) is 28.7 Å². The number of amides is 1. The molecule has 0 unspecified atom stereocenters. The van der Waals surface area contributed by atoms with Crippen LogP contribution in [0, 0.1) is 6.92 Å². The summed E-state index contributed by atoms with van der Waals surface area (Å²) < 4.78 is 4.89. The third-order valence-electron chi connectivity index (χ3n) is 2.93. The number of benzene rings is 1. The van der Waals surface area contributed by atoms with Crippen molar-refractivity contribution in [3.63, 3.8) is 0 Å². The molecule has 0 saturated carbocycles. The zero-order chi connectivity index (χ0) is 15.2. The zero-order valence-corrected chi connectivity index (χ0v) is 11.6. The van der Waals surface area contributed by atoms with E-state index < -0.39 is 5.97 Å². The lowest BCUT2D eigenvalue weighted by Crippen LogP contribution is -2.27. The molecule has 0 atom stereocenters. The van der Waals surface area contributed by atoms with Gasteiger partial charge in [0.1, 0.15) is 5.76 Å². The van der Waals surface area contributed by atoms with Crippen molar-refractivity contribution in [2.75, 3.05) is 6.54 Å². The fraction of sp³-hybridized carbons (Fsp3) is 0.267. The zero-order valence-electron chi connectivity index (χ0n) is 11.6. The van der Waals surface area contributed by atoms with Gasteiger partial charge in [-0.2, -0.15) is 0 Å². The number of nitrogens with one attached hydrogen (secondary N) is 1. The molecule has 0 aliphatic rings. The number of nitrogens with zero attached hydrogens (tertiary/aromatic N) is 1. The molecule has 2 N–H and O–H groups in total. The first-order valence-electron chi connectivity index (χ1n) is 6.56. The fourth-order valence-corrected chi connectivity index (χ4v) is 1.93. The molecule has 110 valence electrons. The molecule has 0 saturated heterocycles. The molecule has 1 amide bonds. The average Bonchev–Trinajstić information content (AvgIpc) is 2.84. The first-order valence-corrected chi connectivity index (χ1v) is 6.56. The number of hydrogen-bond acceptors (Lipinski definition) is 4. The molecule has 1 aromatic heterocycles. The summed E-state index contributed by atoms with van der Waals surface area (Å²) in [5, 5.41) is 15.4. The molecule has 2 aromatic rings. The maximum Gasteiger partial charge on any atom is 0.335 e. The highest BCUT2D eigenvalue weighted by Gasteiger charge is 2.07. The Bertz CT molecular complexity index is 649. The highest BCUT2D eigenvalue weighted by Crippen LogP contribution is 2.06. The van der Waals surface area contributed by atoms with E-state index in [2.05, 4.69) is 10.5 Å². The molecule has 21 heavy (non-hydrogen) atoms. The van der Waals surface area contributed by atoms with Gasteiger partial charge in [-0.1, -0.05) is 17.3 Å². The summed E-state index contributed by atoms with van der Waals surface area (Å²) >= 11 is 0. The maximum absolute atomic E-state index is 11.7. The molecular weight excluding hydrogens is 272 g/mol. The Labute approximate surface area is 121 Å². The number of rotatable bonds is 6. The van der Waals surface area contributed by atoms with E-state index in [1.165, 1.54) is 6.07 Å². The van der Waals surface area contributed by atoms with Crippen molar-refractivity contribution in [2.45, 2.75) is 19.8 Å². The van der Waals surface area contributed by atoms with E-state index in [1.54, 1.807) is 25.1 Å². The Kier molecular flexibility index (Phi) is 4.71. The van der Waals surface area contributed by atoms with Crippen molar-refractivity contribution >= 4 is 11.9 Å². The first kappa shape index (κ1) is 14.8. The summed E-state index contributed by atoms with van der Waals surface area (Å²) in [6, 6.07) is 8.39. The van der Waals surface area contributed by atoms with Gasteiger partial charge in [-0.05, 0) is 31.0 Å². The molecule has 0 bridgehead atoms. The predicted octanol–water partition coefficient (Wildman–Crippen LogP) is 1.58. The second kappa shape index (κ2) is 6.69. The van der Waals surface area contributed by atoms with E-state index in [0.717, 1.165) is 5.56 Å². The predicted molar refractivity (Wildman–Crippen MR) is 75.1 cm³/mol. The Morgan fingerprint density at radius 3 is 2.81 bits per heavy atom. The van der Waals surface area contributed by atoms with Crippen LogP contribution in [0.5, 0.6) is 0 Å². The number of carboxylic acids is 1. The van der Waals surface area contributed by atoms with Crippen molar-refractivity contribution < 1.29 is 19.2 Å². The van der Waals surface area contributed by atoms with E-state index in [0.29, 0.717) is 24.4 Å². The molecule has 0 radical (unpaired) electrons. The number of carbonyl (C=O) groups excluding carboxylic acids is 1. The van der Waals surface area contributed by atoms with Crippen LogP contribution in [0.1, 0.15) is 27.4 Å². The van der Waals surface area contributed by atoms with E-state index in [9.17, 15) is 9.59 Å². The van der Waals surface area contributed by atoms with Gasteiger partial charge in [-0.3, -0.25) is 4.79 Å². The minimum atomic E-state index is -0.956. The molecule has 6 nitrogen and oxygen atoms in total. The number of aryl methyl sites for hydroxylation is 1. The summed E-state index contributed by atoms with van der Waals surface area (Å²) in [4.78, 5) is 22.6. The normalized spacial score (nSPS) is 10.3. The maximum atomic E-state index is 11.7. The Morgan fingerprint density at radius 1 is 1.33 bits per heavy atom. The van der Waals surface area contributed by atoms with Crippen LogP contribution < -0.4 is 5.32 Å². The summed E-state index contributed by atoms with van der Waals surface area (Å²) in [6.45, 7) is 2.21. The Balaban J connectivity index is 1.80.